The first-order valence-electron chi connectivity index (χ1n) is 7.05. The highest BCUT2D eigenvalue weighted by atomic mass is 35.5. The summed E-state index contributed by atoms with van der Waals surface area (Å²) in [6.07, 6.45) is 8.78. The van der Waals surface area contributed by atoms with E-state index >= 15 is 0 Å². The van der Waals surface area contributed by atoms with Crippen molar-refractivity contribution >= 4 is 33.9 Å². The molecule has 0 amide bonds. The summed E-state index contributed by atoms with van der Waals surface area (Å²) in [4.78, 5) is 8.51. The number of halogens is 1. The summed E-state index contributed by atoms with van der Waals surface area (Å²) >= 11 is 6.00. The monoisotopic (exact) mass is 321 g/mol. The molecule has 4 rings (SSSR count). The number of anilines is 2. The van der Waals surface area contributed by atoms with Crippen molar-refractivity contribution in [2.24, 2.45) is 0 Å². The highest BCUT2D eigenvalue weighted by molar-refractivity contribution is 6.30. The fourth-order valence-electron chi connectivity index (χ4n) is 2.48. The number of H-pyrrole nitrogens is 1. The van der Waals surface area contributed by atoms with Crippen molar-refractivity contribution in [3.8, 4) is 11.1 Å². The van der Waals surface area contributed by atoms with Gasteiger partial charge in [-0.05, 0) is 29.8 Å². The third kappa shape index (κ3) is 2.74. The van der Waals surface area contributed by atoms with Crippen LogP contribution in [0.5, 0.6) is 0 Å². The average molecular weight is 322 g/mol. The molecule has 0 aliphatic carbocycles. The second-order valence-corrected chi connectivity index (χ2v) is 5.53. The van der Waals surface area contributed by atoms with E-state index in [1.54, 1.807) is 24.8 Å². The van der Waals surface area contributed by atoms with Gasteiger partial charge in [0.05, 0.1) is 28.6 Å². The van der Waals surface area contributed by atoms with Crippen molar-refractivity contribution in [1.82, 2.24) is 20.2 Å². The molecule has 112 valence electrons. The minimum atomic E-state index is 0.590. The van der Waals surface area contributed by atoms with Crippen molar-refractivity contribution in [3.63, 3.8) is 0 Å². The van der Waals surface area contributed by atoms with E-state index in [1.165, 1.54) is 0 Å². The molecule has 6 heteroatoms. The van der Waals surface area contributed by atoms with Crippen LogP contribution in [-0.4, -0.2) is 20.2 Å². The van der Waals surface area contributed by atoms with Crippen LogP contribution in [-0.2, 0) is 0 Å². The van der Waals surface area contributed by atoms with Gasteiger partial charge in [0, 0.05) is 35.2 Å². The average Bonchev–Trinajstić information content (AvgIpc) is 3.09. The van der Waals surface area contributed by atoms with Gasteiger partial charge in [-0.2, -0.15) is 5.10 Å². The number of pyridine rings is 2. The van der Waals surface area contributed by atoms with Gasteiger partial charge >= 0.3 is 0 Å². The SMILES string of the molecule is Clc1cncc(Nc2ccnc3ccc(-c4cn[nH]c4)cc23)c1. The van der Waals surface area contributed by atoms with Crippen LogP contribution in [0.4, 0.5) is 11.4 Å². The Labute approximate surface area is 137 Å². The molecule has 5 nitrogen and oxygen atoms in total. The smallest absolute Gasteiger partial charge is 0.0723 e. The predicted octanol–water partition coefficient (Wildman–Crippen LogP) is 4.42. The van der Waals surface area contributed by atoms with Crippen LogP contribution in [0.15, 0.2) is 61.3 Å². The summed E-state index contributed by atoms with van der Waals surface area (Å²) in [7, 11) is 0. The Hall–Kier alpha value is -2.92. The minimum absolute atomic E-state index is 0.590. The normalized spacial score (nSPS) is 10.8. The summed E-state index contributed by atoms with van der Waals surface area (Å²) in [5, 5.41) is 11.8. The molecule has 2 N–H and O–H groups in total. The zero-order valence-electron chi connectivity index (χ0n) is 12.0. The summed E-state index contributed by atoms with van der Waals surface area (Å²) < 4.78 is 0. The van der Waals surface area contributed by atoms with Crippen LogP contribution in [0.3, 0.4) is 0 Å². The molecule has 4 aromatic rings. The molecular formula is C17H12ClN5. The van der Waals surface area contributed by atoms with Crippen molar-refractivity contribution in [2.75, 3.05) is 5.32 Å². The van der Waals surface area contributed by atoms with Crippen LogP contribution >= 0.6 is 11.6 Å². The lowest BCUT2D eigenvalue weighted by Crippen LogP contribution is -1.93. The summed E-state index contributed by atoms with van der Waals surface area (Å²) in [5.41, 5.74) is 4.80. The van der Waals surface area contributed by atoms with Crippen LogP contribution in [0.1, 0.15) is 0 Å². The van der Waals surface area contributed by atoms with Crippen molar-refractivity contribution in [2.45, 2.75) is 0 Å². The van der Waals surface area contributed by atoms with Gasteiger partial charge in [-0.25, -0.2) is 0 Å². The van der Waals surface area contributed by atoms with Crippen molar-refractivity contribution in [1.29, 1.82) is 0 Å². The van der Waals surface area contributed by atoms with E-state index in [0.717, 1.165) is 33.4 Å². The Morgan fingerprint density at radius 1 is 1.00 bits per heavy atom. The zero-order chi connectivity index (χ0) is 15.6. The van der Waals surface area contributed by atoms with Gasteiger partial charge in [0.1, 0.15) is 0 Å². The number of aromatic amines is 1. The summed E-state index contributed by atoms with van der Waals surface area (Å²) in [6, 6.07) is 9.89. The van der Waals surface area contributed by atoms with E-state index in [4.69, 9.17) is 11.6 Å². The van der Waals surface area contributed by atoms with Gasteiger partial charge in [0.25, 0.3) is 0 Å². The minimum Gasteiger partial charge on any atom is -0.354 e. The molecule has 1 aromatic carbocycles. The molecule has 3 heterocycles. The van der Waals surface area contributed by atoms with Gasteiger partial charge in [-0.3, -0.25) is 15.1 Å². The number of hydrogen-bond acceptors (Lipinski definition) is 4. The van der Waals surface area contributed by atoms with E-state index in [-0.39, 0.29) is 0 Å². The second-order valence-electron chi connectivity index (χ2n) is 5.09. The molecule has 0 atom stereocenters. The van der Waals surface area contributed by atoms with Crippen LogP contribution in [0, 0.1) is 0 Å². The molecule has 0 aliphatic heterocycles. The Morgan fingerprint density at radius 3 is 2.78 bits per heavy atom. The molecule has 23 heavy (non-hydrogen) atoms. The second kappa shape index (κ2) is 5.70. The number of hydrogen-bond donors (Lipinski definition) is 2. The fraction of sp³-hybridized carbons (Fsp3) is 0. The fourth-order valence-corrected chi connectivity index (χ4v) is 2.65. The van der Waals surface area contributed by atoms with Gasteiger partial charge in [-0.15, -0.1) is 0 Å². The van der Waals surface area contributed by atoms with E-state index in [9.17, 15) is 0 Å². The molecule has 0 bridgehead atoms. The maximum Gasteiger partial charge on any atom is 0.0723 e. The van der Waals surface area contributed by atoms with E-state index in [0.29, 0.717) is 5.02 Å². The maximum absolute atomic E-state index is 6.00. The van der Waals surface area contributed by atoms with Gasteiger partial charge in [0.2, 0.25) is 0 Å². The number of benzene rings is 1. The molecule has 0 aliphatic rings. The Kier molecular flexibility index (Phi) is 3.40. The third-order valence-electron chi connectivity index (χ3n) is 3.56. The highest BCUT2D eigenvalue weighted by Crippen LogP contribution is 2.29. The van der Waals surface area contributed by atoms with Crippen LogP contribution in [0.25, 0.3) is 22.0 Å². The Morgan fingerprint density at radius 2 is 1.96 bits per heavy atom. The first-order valence-corrected chi connectivity index (χ1v) is 7.43. The summed E-state index contributed by atoms with van der Waals surface area (Å²) in [5.74, 6) is 0. The standard InChI is InChI=1S/C17H12ClN5/c18-13-6-14(10-19-9-13)23-17-3-4-20-16-2-1-11(5-15(16)17)12-7-21-22-8-12/h1-10H,(H,20,23)(H,21,22). The third-order valence-corrected chi connectivity index (χ3v) is 3.76. The van der Waals surface area contributed by atoms with Crippen LogP contribution in [0.2, 0.25) is 5.02 Å². The lowest BCUT2D eigenvalue weighted by atomic mass is 10.1. The quantitative estimate of drug-likeness (QED) is 0.586. The number of aromatic nitrogens is 4. The van der Waals surface area contributed by atoms with Gasteiger partial charge < -0.3 is 5.32 Å². The van der Waals surface area contributed by atoms with E-state index < -0.39 is 0 Å². The molecule has 3 aromatic heterocycles. The lowest BCUT2D eigenvalue weighted by Gasteiger charge is -2.10. The lowest BCUT2D eigenvalue weighted by molar-refractivity contribution is 1.09. The molecular weight excluding hydrogens is 310 g/mol. The first kappa shape index (κ1) is 13.7. The van der Waals surface area contributed by atoms with E-state index in [1.807, 2.05) is 30.5 Å². The van der Waals surface area contributed by atoms with E-state index in [2.05, 4.69) is 31.5 Å². The van der Waals surface area contributed by atoms with Gasteiger partial charge in [-0.1, -0.05) is 17.7 Å². The predicted molar refractivity (Wildman–Crippen MR) is 91.9 cm³/mol. The van der Waals surface area contributed by atoms with Gasteiger partial charge in [0.15, 0.2) is 0 Å². The Balaban J connectivity index is 1.81. The number of rotatable bonds is 3. The van der Waals surface area contributed by atoms with Crippen molar-refractivity contribution < 1.29 is 0 Å². The zero-order valence-corrected chi connectivity index (χ0v) is 12.7. The number of nitrogens with one attached hydrogen (secondary N) is 2. The number of nitrogens with zero attached hydrogens (tertiary/aromatic N) is 3. The largest absolute Gasteiger partial charge is 0.354 e. The van der Waals surface area contributed by atoms with Crippen molar-refractivity contribution in [3.05, 3.63) is 66.3 Å². The molecule has 0 radical (unpaired) electrons. The Bertz CT molecular complexity index is 966. The summed E-state index contributed by atoms with van der Waals surface area (Å²) in [6.45, 7) is 0. The van der Waals surface area contributed by atoms with Crippen LogP contribution < -0.4 is 5.32 Å². The topological polar surface area (TPSA) is 66.5 Å². The maximum atomic E-state index is 6.00. The molecule has 0 spiro atoms. The highest BCUT2D eigenvalue weighted by Gasteiger charge is 2.06. The molecule has 0 fully saturated rings. The molecule has 0 saturated carbocycles. The first-order chi connectivity index (χ1) is 11.3. The molecule has 0 unspecified atom stereocenters. The number of fused-ring (bicyclic) bond motifs is 1. The molecule has 0 saturated heterocycles.